The van der Waals surface area contributed by atoms with Gasteiger partial charge in [0.1, 0.15) is 11.6 Å². The fourth-order valence-corrected chi connectivity index (χ4v) is 3.21. The fraction of sp³-hybridized carbons (Fsp3) is 0.300. The smallest absolute Gasteiger partial charge is 0.227 e. The number of halogens is 2. The van der Waals surface area contributed by atoms with Crippen LogP contribution in [0.4, 0.5) is 20.2 Å². The van der Waals surface area contributed by atoms with Gasteiger partial charge in [0.25, 0.3) is 0 Å². The maximum Gasteiger partial charge on any atom is 0.227 e. The quantitative estimate of drug-likeness (QED) is 0.854. The van der Waals surface area contributed by atoms with Crippen molar-refractivity contribution in [2.45, 2.75) is 25.7 Å². The highest BCUT2D eigenvalue weighted by molar-refractivity contribution is 5.94. The Morgan fingerprint density at radius 1 is 0.808 bits per heavy atom. The SMILES string of the molecule is O=C(Nc1ccccc1)C1CCC(C(=O)Nc2ccc(F)cc2F)CC1. The normalized spacial score (nSPS) is 19.6. The van der Waals surface area contributed by atoms with Gasteiger partial charge in [-0.2, -0.15) is 0 Å². The van der Waals surface area contributed by atoms with Gasteiger partial charge in [-0.15, -0.1) is 0 Å². The molecule has 1 aliphatic carbocycles. The number of benzene rings is 2. The monoisotopic (exact) mass is 358 g/mol. The minimum atomic E-state index is -0.797. The number of para-hydroxylation sites is 1. The number of hydrogen-bond donors (Lipinski definition) is 2. The van der Waals surface area contributed by atoms with Crippen LogP contribution in [0.1, 0.15) is 25.7 Å². The molecule has 0 aromatic heterocycles. The van der Waals surface area contributed by atoms with Crippen LogP contribution in [0.5, 0.6) is 0 Å². The second-order valence-corrected chi connectivity index (χ2v) is 6.52. The van der Waals surface area contributed by atoms with E-state index in [0.717, 1.165) is 17.8 Å². The predicted molar refractivity (Wildman–Crippen MR) is 95.5 cm³/mol. The summed E-state index contributed by atoms with van der Waals surface area (Å²) in [6, 6.07) is 12.3. The van der Waals surface area contributed by atoms with Gasteiger partial charge in [0.15, 0.2) is 0 Å². The molecule has 136 valence electrons. The first-order valence-corrected chi connectivity index (χ1v) is 8.65. The highest BCUT2D eigenvalue weighted by Gasteiger charge is 2.30. The molecule has 2 aromatic rings. The van der Waals surface area contributed by atoms with Crippen molar-refractivity contribution in [1.82, 2.24) is 0 Å². The van der Waals surface area contributed by atoms with Crippen molar-refractivity contribution in [2.75, 3.05) is 10.6 Å². The largest absolute Gasteiger partial charge is 0.326 e. The summed E-state index contributed by atoms with van der Waals surface area (Å²) < 4.78 is 26.6. The Kier molecular flexibility index (Phi) is 5.61. The predicted octanol–water partition coefficient (Wildman–Crippen LogP) is 4.35. The molecule has 4 nitrogen and oxygen atoms in total. The van der Waals surface area contributed by atoms with Gasteiger partial charge in [-0.1, -0.05) is 18.2 Å². The van der Waals surface area contributed by atoms with Gasteiger partial charge >= 0.3 is 0 Å². The van der Waals surface area contributed by atoms with Crippen LogP contribution in [-0.4, -0.2) is 11.8 Å². The van der Waals surface area contributed by atoms with Crippen molar-refractivity contribution in [2.24, 2.45) is 11.8 Å². The second kappa shape index (κ2) is 8.08. The summed E-state index contributed by atoms with van der Waals surface area (Å²) in [6.45, 7) is 0. The zero-order chi connectivity index (χ0) is 18.5. The summed E-state index contributed by atoms with van der Waals surface area (Å²) in [5.74, 6) is -2.24. The summed E-state index contributed by atoms with van der Waals surface area (Å²) in [7, 11) is 0. The highest BCUT2D eigenvalue weighted by Crippen LogP contribution is 2.31. The van der Waals surface area contributed by atoms with Crippen molar-refractivity contribution in [3.05, 3.63) is 60.2 Å². The average molecular weight is 358 g/mol. The third-order valence-electron chi connectivity index (χ3n) is 4.70. The van der Waals surface area contributed by atoms with E-state index in [2.05, 4.69) is 10.6 Å². The van der Waals surface area contributed by atoms with Crippen molar-refractivity contribution in [3.63, 3.8) is 0 Å². The molecule has 2 N–H and O–H groups in total. The number of nitrogens with one attached hydrogen (secondary N) is 2. The molecular weight excluding hydrogens is 338 g/mol. The molecule has 6 heteroatoms. The molecule has 1 fully saturated rings. The van der Waals surface area contributed by atoms with Crippen LogP contribution in [0.2, 0.25) is 0 Å². The van der Waals surface area contributed by atoms with Crippen LogP contribution in [0.15, 0.2) is 48.5 Å². The Morgan fingerprint density at radius 2 is 1.38 bits per heavy atom. The lowest BCUT2D eigenvalue weighted by molar-refractivity contribution is -0.125. The lowest BCUT2D eigenvalue weighted by Crippen LogP contribution is -2.32. The molecule has 0 atom stereocenters. The number of hydrogen-bond acceptors (Lipinski definition) is 2. The molecule has 0 aliphatic heterocycles. The number of rotatable bonds is 4. The Labute approximate surface area is 150 Å². The summed E-state index contributed by atoms with van der Waals surface area (Å²) in [5.41, 5.74) is 0.726. The van der Waals surface area contributed by atoms with E-state index in [1.165, 1.54) is 6.07 Å². The summed E-state index contributed by atoms with van der Waals surface area (Å²) in [5, 5.41) is 5.39. The van der Waals surface area contributed by atoms with Gasteiger partial charge in [0, 0.05) is 23.6 Å². The summed E-state index contributed by atoms with van der Waals surface area (Å²) in [4.78, 5) is 24.6. The second-order valence-electron chi connectivity index (χ2n) is 6.52. The van der Waals surface area contributed by atoms with E-state index >= 15 is 0 Å². The van der Waals surface area contributed by atoms with Gasteiger partial charge in [0.2, 0.25) is 11.8 Å². The first-order chi connectivity index (χ1) is 12.5. The molecule has 1 aliphatic rings. The molecule has 2 aromatic carbocycles. The molecule has 1 saturated carbocycles. The molecule has 0 saturated heterocycles. The average Bonchev–Trinajstić information content (AvgIpc) is 2.65. The number of carbonyl (C=O) groups is 2. The van der Waals surface area contributed by atoms with Gasteiger partial charge in [-0.25, -0.2) is 8.78 Å². The van der Waals surface area contributed by atoms with Gasteiger partial charge < -0.3 is 10.6 Å². The molecular formula is C20H20F2N2O2. The summed E-state index contributed by atoms with van der Waals surface area (Å²) in [6.07, 6.45) is 2.31. The topological polar surface area (TPSA) is 58.2 Å². The maximum absolute atomic E-state index is 13.6. The third kappa shape index (κ3) is 4.45. The molecule has 0 radical (unpaired) electrons. The van der Waals surface area contributed by atoms with Gasteiger partial charge in [-0.3, -0.25) is 9.59 Å². The van der Waals surface area contributed by atoms with Crippen LogP contribution in [-0.2, 0) is 9.59 Å². The molecule has 0 unspecified atom stereocenters. The zero-order valence-corrected chi connectivity index (χ0v) is 14.2. The van der Waals surface area contributed by atoms with Crippen molar-refractivity contribution in [3.8, 4) is 0 Å². The Bertz CT molecular complexity index is 788. The van der Waals surface area contributed by atoms with Crippen molar-refractivity contribution >= 4 is 23.2 Å². The molecule has 0 spiro atoms. The molecule has 0 bridgehead atoms. The number of anilines is 2. The first kappa shape index (κ1) is 18.0. The van der Waals surface area contributed by atoms with Gasteiger partial charge in [-0.05, 0) is 49.9 Å². The maximum atomic E-state index is 13.6. The van der Waals surface area contributed by atoms with Crippen LogP contribution in [0.3, 0.4) is 0 Å². The van der Waals surface area contributed by atoms with Gasteiger partial charge in [0.05, 0.1) is 5.69 Å². The summed E-state index contributed by atoms with van der Waals surface area (Å²) >= 11 is 0. The molecule has 3 rings (SSSR count). The van der Waals surface area contributed by atoms with Crippen LogP contribution in [0, 0.1) is 23.5 Å². The lowest BCUT2D eigenvalue weighted by Gasteiger charge is -2.27. The molecule has 26 heavy (non-hydrogen) atoms. The van der Waals surface area contributed by atoms with Crippen molar-refractivity contribution in [1.29, 1.82) is 0 Å². The van der Waals surface area contributed by atoms with E-state index in [1.807, 2.05) is 30.3 Å². The zero-order valence-electron chi connectivity index (χ0n) is 14.2. The van der Waals surface area contributed by atoms with E-state index in [-0.39, 0.29) is 29.3 Å². The standard InChI is InChI=1S/C20H20F2N2O2/c21-15-10-11-18(17(22)12-15)24-20(26)14-8-6-13(7-9-14)19(25)23-16-4-2-1-3-5-16/h1-5,10-14H,6-9H2,(H,23,25)(H,24,26). The van der Waals surface area contributed by atoms with E-state index in [1.54, 1.807) is 0 Å². The van der Waals surface area contributed by atoms with E-state index in [0.29, 0.717) is 25.7 Å². The molecule has 0 heterocycles. The molecule has 2 amide bonds. The van der Waals surface area contributed by atoms with E-state index in [4.69, 9.17) is 0 Å². The number of amides is 2. The Balaban J connectivity index is 1.51. The highest BCUT2D eigenvalue weighted by atomic mass is 19.1. The van der Waals surface area contributed by atoms with Crippen LogP contribution in [0.25, 0.3) is 0 Å². The van der Waals surface area contributed by atoms with E-state index in [9.17, 15) is 18.4 Å². The van der Waals surface area contributed by atoms with Crippen molar-refractivity contribution < 1.29 is 18.4 Å². The third-order valence-corrected chi connectivity index (χ3v) is 4.70. The fourth-order valence-electron chi connectivity index (χ4n) is 3.21. The number of carbonyl (C=O) groups excluding carboxylic acids is 2. The van der Waals surface area contributed by atoms with E-state index < -0.39 is 11.6 Å². The van der Waals surface area contributed by atoms with Crippen LogP contribution >= 0.6 is 0 Å². The lowest BCUT2D eigenvalue weighted by atomic mass is 9.81. The first-order valence-electron chi connectivity index (χ1n) is 8.65. The van der Waals surface area contributed by atoms with Crippen LogP contribution < -0.4 is 10.6 Å². The minimum absolute atomic E-state index is 0.0275. The Morgan fingerprint density at radius 3 is 1.96 bits per heavy atom. The Hall–Kier alpha value is -2.76. The minimum Gasteiger partial charge on any atom is -0.326 e.